The van der Waals surface area contributed by atoms with Crippen LogP contribution in [0.1, 0.15) is 22.5 Å². The fraction of sp³-hybridized carbons (Fsp3) is 0.222. The van der Waals surface area contributed by atoms with E-state index >= 15 is 0 Å². The van der Waals surface area contributed by atoms with Crippen LogP contribution in [0, 0.1) is 25.2 Å². The van der Waals surface area contributed by atoms with Crippen LogP contribution in [0.2, 0.25) is 5.02 Å². The van der Waals surface area contributed by atoms with Crippen molar-refractivity contribution in [2.75, 3.05) is 0 Å². The lowest BCUT2D eigenvalue weighted by atomic mass is 10.1. The highest BCUT2D eigenvalue weighted by atomic mass is 35.5. The Hall–Kier alpha value is -2.31. The Morgan fingerprint density at radius 2 is 1.82 bits per heavy atom. The van der Waals surface area contributed by atoms with Crippen molar-refractivity contribution >= 4 is 22.6 Å². The van der Waals surface area contributed by atoms with Crippen LogP contribution in [0.25, 0.3) is 11.0 Å². The topological polar surface area (TPSA) is 41.6 Å². The van der Waals surface area contributed by atoms with E-state index in [9.17, 15) is 0 Å². The third-order valence-corrected chi connectivity index (χ3v) is 4.20. The summed E-state index contributed by atoms with van der Waals surface area (Å²) in [6.07, 6.45) is 0.686. The average Bonchev–Trinajstić information content (AvgIpc) is 2.80. The quantitative estimate of drug-likeness (QED) is 0.718. The van der Waals surface area contributed by atoms with Gasteiger partial charge in [0.1, 0.15) is 12.4 Å². The Morgan fingerprint density at radius 1 is 1.14 bits per heavy atom. The number of halogens is 1. The van der Waals surface area contributed by atoms with Crippen molar-refractivity contribution < 1.29 is 0 Å². The van der Waals surface area contributed by atoms with Crippen molar-refractivity contribution in [3.63, 3.8) is 0 Å². The van der Waals surface area contributed by atoms with Crippen LogP contribution < -0.4 is 0 Å². The van der Waals surface area contributed by atoms with E-state index in [1.165, 1.54) is 11.1 Å². The first-order valence-corrected chi connectivity index (χ1v) is 7.54. The molecule has 0 bridgehead atoms. The van der Waals surface area contributed by atoms with Gasteiger partial charge in [-0.15, -0.1) is 0 Å². The smallest absolute Gasteiger partial charge is 0.115 e. The SMILES string of the molecule is Cc1cc2nc(Cc3ccc(Cl)cc3)n(CC#N)c2cc1C. The summed E-state index contributed by atoms with van der Waals surface area (Å²) in [5.41, 5.74) is 5.53. The van der Waals surface area contributed by atoms with Gasteiger partial charge in [-0.1, -0.05) is 23.7 Å². The molecule has 0 aliphatic rings. The molecule has 0 radical (unpaired) electrons. The molecule has 0 atom stereocenters. The van der Waals surface area contributed by atoms with Gasteiger partial charge in [-0.2, -0.15) is 5.26 Å². The van der Waals surface area contributed by atoms with Crippen LogP contribution >= 0.6 is 11.6 Å². The molecule has 0 spiro atoms. The average molecular weight is 310 g/mol. The highest BCUT2D eigenvalue weighted by molar-refractivity contribution is 6.30. The number of nitrogens with zero attached hydrogens (tertiary/aromatic N) is 3. The molecule has 1 heterocycles. The lowest BCUT2D eigenvalue weighted by molar-refractivity contribution is 0.787. The van der Waals surface area contributed by atoms with Crippen molar-refractivity contribution in [2.45, 2.75) is 26.8 Å². The van der Waals surface area contributed by atoms with Gasteiger partial charge in [0.15, 0.2) is 0 Å². The van der Waals surface area contributed by atoms with E-state index in [1.54, 1.807) is 0 Å². The van der Waals surface area contributed by atoms with Crippen molar-refractivity contribution in [3.8, 4) is 6.07 Å². The molecule has 3 aromatic rings. The number of imidazole rings is 1. The molecular formula is C18H16ClN3. The zero-order valence-corrected chi connectivity index (χ0v) is 13.4. The molecule has 0 fully saturated rings. The van der Waals surface area contributed by atoms with Gasteiger partial charge in [0, 0.05) is 11.4 Å². The number of nitriles is 1. The second kappa shape index (κ2) is 5.82. The summed E-state index contributed by atoms with van der Waals surface area (Å²) < 4.78 is 2.00. The van der Waals surface area contributed by atoms with Crippen LogP contribution in [0.5, 0.6) is 0 Å². The van der Waals surface area contributed by atoms with Gasteiger partial charge in [0.05, 0.1) is 17.1 Å². The second-order valence-electron chi connectivity index (χ2n) is 5.50. The van der Waals surface area contributed by atoms with Crippen LogP contribution in [0.3, 0.4) is 0 Å². The molecule has 2 aromatic carbocycles. The van der Waals surface area contributed by atoms with Gasteiger partial charge in [-0.25, -0.2) is 4.98 Å². The molecule has 0 amide bonds. The number of aryl methyl sites for hydroxylation is 2. The zero-order chi connectivity index (χ0) is 15.7. The molecular weight excluding hydrogens is 294 g/mol. The summed E-state index contributed by atoms with van der Waals surface area (Å²) in [7, 11) is 0. The Morgan fingerprint density at radius 3 is 2.50 bits per heavy atom. The summed E-state index contributed by atoms with van der Waals surface area (Å²) in [5.74, 6) is 0.906. The fourth-order valence-corrected chi connectivity index (χ4v) is 2.72. The minimum Gasteiger partial charge on any atom is -0.314 e. The number of hydrogen-bond donors (Lipinski definition) is 0. The number of aromatic nitrogens is 2. The molecule has 0 N–H and O–H groups in total. The van der Waals surface area contributed by atoms with Gasteiger partial charge in [0.2, 0.25) is 0 Å². The van der Waals surface area contributed by atoms with Gasteiger partial charge in [-0.05, 0) is 54.8 Å². The molecule has 3 rings (SSSR count). The first kappa shape index (κ1) is 14.6. The molecule has 0 saturated heterocycles. The first-order valence-electron chi connectivity index (χ1n) is 7.16. The molecule has 0 saturated carbocycles. The summed E-state index contributed by atoms with van der Waals surface area (Å²) in [5, 5.41) is 9.85. The third kappa shape index (κ3) is 2.70. The predicted octanol–water partition coefficient (Wildman–Crippen LogP) is 4.42. The van der Waals surface area contributed by atoms with Crippen LogP contribution in [0.4, 0.5) is 0 Å². The lowest BCUT2D eigenvalue weighted by Crippen LogP contribution is -2.03. The van der Waals surface area contributed by atoms with E-state index < -0.39 is 0 Å². The van der Waals surface area contributed by atoms with Crippen molar-refractivity contribution in [1.29, 1.82) is 5.26 Å². The maximum atomic E-state index is 9.13. The van der Waals surface area contributed by atoms with E-state index in [0.29, 0.717) is 13.0 Å². The largest absolute Gasteiger partial charge is 0.314 e. The van der Waals surface area contributed by atoms with Crippen molar-refractivity contribution in [1.82, 2.24) is 9.55 Å². The van der Waals surface area contributed by atoms with E-state index in [2.05, 4.69) is 32.0 Å². The zero-order valence-electron chi connectivity index (χ0n) is 12.6. The number of rotatable bonds is 3. The first-order chi connectivity index (χ1) is 10.6. The summed E-state index contributed by atoms with van der Waals surface area (Å²) in [6.45, 7) is 4.47. The van der Waals surface area contributed by atoms with E-state index in [0.717, 1.165) is 27.4 Å². The highest BCUT2D eigenvalue weighted by Crippen LogP contribution is 2.22. The van der Waals surface area contributed by atoms with Crippen molar-refractivity contribution in [2.24, 2.45) is 0 Å². The molecule has 0 unspecified atom stereocenters. The number of benzene rings is 2. The highest BCUT2D eigenvalue weighted by Gasteiger charge is 2.12. The molecule has 3 nitrogen and oxygen atoms in total. The monoisotopic (exact) mass is 309 g/mol. The maximum Gasteiger partial charge on any atom is 0.115 e. The Kier molecular flexibility index (Phi) is 3.87. The minimum absolute atomic E-state index is 0.307. The van der Waals surface area contributed by atoms with Crippen LogP contribution in [-0.2, 0) is 13.0 Å². The van der Waals surface area contributed by atoms with E-state index in [4.69, 9.17) is 21.8 Å². The van der Waals surface area contributed by atoms with Gasteiger partial charge in [-0.3, -0.25) is 0 Å². The number of fused-ring (bicyclic) bond motifs is 1. The number of hydrogen-bond acceptors (Lipinski definition) is 2. The van der Waals surface area contributed by atoms with Crippen molar-refractivity contribution in [3.05, 3.63) is 63.9 Å². The molecule has 0 aliphatic carbocycles. The van der Waals surface area contributed by atoms with Gasteiger partial charge in [0.25, 0.3) is 0 Å². The van der Waals surface area contributed by atoms with E-state index in [1.807, 2.05) is 28.8 Å². The van der Waals surface area contributed by atoms with E-state index in [-0.39, 0.29) is 0 Å². The third-order valence-electron chi connectivity index (χ3n) is 3.95. The fourth-order valence-electron chi connectivity index (χ4n) is 2.60. The minimum atomic E-state index is 0.307. The lowest BCUT2D eigenvalue weighted by Gasteiger charge is -2.06. The molecule has 1 aromatic heterocycles. The summed E-state index contributed by atoms with van der Waals surface area (Å²) in [4.78, 5) is 4.73. The molecule has 110 valence electrons. The molecule has 4 heteroatoms. The Bertz CT molecular complexity index is 870. The maximum absolute atomic E-state index is 9.13. The normalized spacial score (nSPS) is 10.8. The molecule has 22 heavy (non-hydrogen) atoms. The standard InChI is InChI=1S/C18H16ClN3/c1-12-9-16-17(10-13(12)2)22(8-7-20)18(21-16)11-14-3-5-15(19)6-4-14/h3-6,9-10H,8,11H2,1-2H3. The Balaban J connectivity index is 2.10. The molecule has 0 aliphatic heterocycles. The summed E-state index contributed by atoms with van der Waals surface area (Å²) >= 11 is 5.93. The van der Waals surface area contributed by atoms with Gasteiger partial charge >= 0.3 is 0 Å². The predicted molar refractivity (Wildman–Crippen MR) is 89.1 cm³/mol. The Labute approximate surface area is 134 Å². The second-order valence-corrected chi connectivity index (χ2v) is 5.94. The van der Waals surface area contributed by atoms with Crippen LogP contribution in [0.15, 0.2) is 36.4 Å². The van der Waals surface area contributed by atoms with Gasteiger partial charge < -0.3 is 4.57 Å². The van der Waals surface area contributed by atoms with Crippen LogP contribution in [-0.4, -0.2) is 9.55 Å². The summed E-state index contributed by atoms with van der Waals surface area (Å²) in [6, 6.07) is 14.2.